The molecule has 1 heterocycles. The first-order valence-electron chi connectivity index (χ1n) is 8.76. The van der Waals surface area contributed by atoms with Crippen LogP contribution in [0.25, 0.3) is 0 Å². The molecule has 1 aliphatic rings. The van der Waals surface area contributed by atoms with Gasteiger partial charge in [-0.05, 0) is 56.3 Å². The molecule has 142 valence electrons. The molecule has 0 radical (unpaired) electrons. The van der Waals surface area contributed by atoms with Gasteiger partial charge in [-0.25, -0.2) is 4.79 Å². The number of hydrogen-bond acceptors (Lipinski definition) is 4. The number of nitrogens with zero attached hydrogens (tertiary/aromatic N) is 1. The maximum Gasteiger partial charge on any atom is 0.322 e. The summed E-state index contributed by atoms with van der Waals surface area (Å²) in [6, 6.07) is 14.2. The van der Waals surface area contributed by atoms with Crippen molar-refractivity contribution in [2.24, 2.45) is 0 Å². The first kappa shape index (κ1) is 18.6. The van der Waals surface area contributed by atoms with Gasteiger partial charge < -0.3 is 20.1 Å². The Bertz CT molecular complexity index is 822. The second-order valence-electron chi connectivity index (χ2n) is 6.38. The van der Waals surface area contributed by atoms with Gasteiger partial charge in [0.25, 0.3) is 5.91 Å². The van der Waals surface area contributed by atoms with Crippen LogP contribution in [0.4, 0.5) is 16.2 Å². The van der Waals surface area contributed by atoms with Gasteiger partial charge in [0.15, 0.2) is 6.10 Å². The van der Waals surface area contributed by atoms with E-state index in [1.54, 1.807) is 61.4 Å². The molecule has 27 heavy (non-hydrogen) atoms. The van der Waals surface area contributed by atoms with Gasteiger partial charge in [-0.2, -0.15) is 0 Å². The summed E-state index contributed by atoms with van der Waals surface area (Å²) >= 11 is 0. The van der Waals surface area contributed by atoms with Gasteiger partial charge >= 0.3 is 6.03 Å². The number of hydrogen-bond donors (Lipinski definition) is 2. The fourth-order valence-corrected chi connectivity index (χ4v) is 2.87. The number of ether oxygens (including phenoxy) is 2. The highest BCUT2D eigenvalue weighted by atomic mass is 16.5. The Labute approximate surface area is 158 Å². The van der Waals surface area contributed by atoms with E-state index >= 15 is 0 Å². The van der Waals surface area contributed by atoms with Crippen LogP contribution >= 0.6 is 0 Å². The lowest BCUT2D eigenvalue weighted by molar-refractivity contribution is -0.122. The summed E-state index contributed by atoms with van der Waals surface area (Å²) < 4.78 is 10.8. The van der Waals surface area contributed by atoms with Crippen molar-refractivity contribution in [2.75, 3.05) is 23.9 Å². The summed E-state index contributed by atoms with van der Waals surface area (Å²) in [5.74, 6) is 1.02. The van der Waals surface area contributed by atoms with Crippen LogP contribution in [0.3, 0.4) is 0 Å². The van der Waals surface area contributed by atoms with Crippen LogP contribution in [0.2, 0.25) is 0 Å². The van der Waals surface area contributed by atoms with E-state index in [9.17, 15) is 9.59 Å². The van der Waals surface area contributed by atoms with E-state index in [0.717, 1.165) is 11.4 Å². The monoisotopic (exact) mass is 369 g/mol. The molecule has 0 spiro atoms. The van der Waals surface area contributed by atoms with E-state index in [1.165, 1.54) is 0 Å². The van der Waals surface area contributed by atoms with Gasteiger partial charge in [0.05, 0.1) is 13.2 Å². The SMILES string of the molecule is COc1ccc(O[C@H](C)C(=O)Nc2cccc(N3C(=O)NC[C@@H]3C)c2)cc1. The maximum atomic E-state index is 12.4. The van der Waals surface area contributed by atoms with Gasteiger partial charge in [-0.15, -0.1) is 0 Å². The predicted molar refractivity (Wildman–Crippen MR) is 103 cm³/mol. The van der Waals surface area contributed by atoms with E-state index in [4.69, 9.17) is 9.47 Å². The van der Waals surface area contributed by atoms with Gasteiger partial charge in [0.2, 0.25) is 0 Å². The molecule has 0 bridgehead atoms. The molecule has 2 N–H and O–H groups in total. The number of carbonyl (C=O) groups is 2. The van der Waals surface area contributed by atoms with Crippen molar-refractivity contribution in [2.45, 2.75) is 26.0 Å². The van der Waals surface area contributed by atoms with Crippen molar-refractivity contribution < 1.29 is 19.1 Å². The van der Waals surface area contributed by atoms with E-state index in [1.807, 2.05) is 13.0 Å². The highest BCUT2D eigenvalue weighted by Crippen LogP contribution is 2.24. The average molecular weight is 369 g/mol. The summed E-state index contributed by atoms with van der Waals surface area (Å²) in [5, 5.41) is 5.63. The Hall–Kier alpha value is -3.22. The minimum absolute atomic E-state index is 0.0563. The molecule has 1 aliphatic heterocycles. The lowest BCUT2D eigenvalue weighted by atomic mass is 10.2. The zero-order chi connectivity index (χ0) is 19.4. The van der Waals surface area contributed by atoms with Crippen molar-refractivity contribution in [1.29, 1.82) is 0 Å². The highest BCUT2D eigenvalue weighted by molar-refractivity contribution is 5.97. The minimum atomic E-state index is -0.684. The second-order valence-corrected chi connectivity index (χ2v) is 6.38. The zero-order valence-electron chi connectivity index (χ0n) is 15.6. The number of methoxy groups -OCH3 is 1. The molecule has 0 aromatic heterocycles. The van der Waals surface area contributed by atoms with Crippen molar-refractivity contribution in [3.63, 3.8) is 0 Å². The molecular weight excluding hydrogens is 346 g/mol. The Balaban J connectivity index is 1.64. The van der Waals surface area contributed by atoms with Crippen LogP contribution in [-0.4, -0.2) is 37.7 Å². The van der Waals surface area contributed by atoms with Crippen LogP contribution in [0, 0.1) is 0 Å². The zero-order valence-corrected chi connectivity index (χ0v) is 15.6. The fourth-order valence-electron chi connectivity index (χ4n) is 2.87. The minimum Gasteiger partial charge on any atom is -0.497 e. The van der Waals surface area contributed by atoms with E-state index < -0.39 is 6.10 Å². The normalized spacial score (nSPS) is 17.2. The van der Waals surface area contributed by atoms with Crippen LogP contribution < -0.4 is 25.0 Å². The topological polar surface area (TPSA) is 79.9 Å². The Morgan fingerprint density at radius 3 is 2.56 bits per heavy atom. The second kappa shape index (κ2) is 7.99. The summed E-state index contributed by atoms with van der Waals surface area (Å²) in [5.41, 5.74) is 1.34. The Kier molecular flexibility index (Phi) is 5.49. The third-order valence-corrected chi connectivity index (χ3v) is 4.34. The van der Waals surface area contributed by atoms with Crippen LogP contribution in [0.15, 0.2) is 48.5 Å². The first-order chi connectivity index (χ1) is 13.0. The number of benzene rings is 2. The summed E-state index contributed by atoms with van der Waals surface area (Å²) in [4.78, 5) is 26.1. The molecule has 3 rings (SSSR count). The van der Waals surface area contributed by atoms with Crippen molar-refractivity contribution in [1.82, 2.24) is 5.32 Å². The smallest absolute Gasteiger partial charge is 0.322 e. The van der Waals surface area contributed by atoms with Crippen LogP contribution in [-0.2, 0) is 4.79 Å². The van der Waals surface area contributed by atoms with Gasteiger partial charge in [-0.3, -0.25) is 9.69 Å². The Morgan fingerprint density at radius 1 is 1.22 bits per heavy atom. The molecule has 2 aromatic rings. The third-order valence-electron chi connectivity index (χ3n) is 4.34. The van der Waals surface area contributed by atoms with E-state index in [-0.39, 0.29) is 18.0 Å². The number of anilines is 2. The molecule has 3 amide bonds. The standard InChI is InChI=1S/C20H23N3O4/c1-13-12-21-20(25)23(13)16-6-4-5-15(11-16)22-19(24)14(2)27-18-9-7-17(26-3)8-10-18/h4-11,13-14H,12H2,1-3H3,(H,21,25)(H,22,24)/t13-,14+/m0/s1. The third kappa shape index (κ3) is 4.31. The fraction of sp³-hybridized carbons (Fsp3) is 0.300. The largest absolute Gasteiger partial charge is 0.497 e. The molecule has 0 saturated carbocycles. The average Bonchev–Trinajstić information content (AvgIpc) is 3.01. The quantitative estimate of drug-likeness (QED) is 0.820. The number of urea groups is 1. The Morgan fingerprint density at radius 2 is 1.93 bits per heavy atom. The number of carbonyl (C=O) groups excluding carboxylic acids is 2. The molecule has 2 atom stereocenters. The molecule has 0 aliphatic carbocycles. The number of amides is 3. The molecular formula is C20H23N3O4. The molecule has 7 heteroatoms. The van der Waals surface area contributed by atoms with E-state index in [2.05, 4.69) is 10.6 Å². The summed E-state index contributed by atoms with van der Waals surface area (Å²) in [7, 11) is 1.59. The highest BCUT2D eigenvalue weighted by Gasteiger charge is 2.28. The molecule has 7 nitrogen and oxygen atoms in total. The van der Waals surface area contributed by atoms with Crippen LogP contribution in [0.5, 0.6) is 11.5 Å². The van der Waals surface area contributed by atoms with Gasteiger partial charge in [0, 0.05) is 17.9 Å². The summed E-state index contributed by atoms with van der Waals surface area (Å²) in [6.45, 7) is 4.25. The summed E-state index contributed by atoms with van der Waals surface area (Å²) in [6.07, 6.45) is -0.684. The lowest BCUT2D eigenvalue weighted by Gasteiger charge is -2.21. The molecule has 0 unspecified atom stereocenters. The molecule has 1 fully saturated rings. The first-order valence-corrected chi connectivity index (χ1v) is 8.76. The van der Waals surface area contributed by atoms with Crippen LogP contribution in [0.1, 0.15) is 13.8 Å². The van der Waals surface area contributed by atoms with Crippen molar-refractivity contribution in [3.05, 3.63) is 48.5 Å². The molecule has 1 saturated heterocycles. The van der Waals surface area contributed by atoms with Crippen molar-refractivity contribution >= 4 is 23.3 Å². The number of rotatable bonds is 6. The predicted octanol–water partition coefficient (Wildman–Crippen LogP) is 3.02. The van der Waals surface area contributed by atoms with Crippen molar-refractivity contribution in [3.8, 4) is 11.5 Å². The molecule has 2 aromatic carbocycles. The maximum absolute atomic E-state index is 12.4. The lowest BCUT2D eigenvalue weighted by Crippen LogP contribution is -2.32. The number of nitrogens with one attached hydrogen (secondary N) is 2. The van der Waals surface area contributed by atoms with Gasteiger partial charge in [0.1, 0.15) is 11.5 Å². The van der Waals surface area contributed by atoms with E-state index in [0.29, 0.717) is 18.0 Å². The van der Waals surface area contributed by atoms with Gasteiger partial charge in [-0.1, -0.05) is 6.07 Å².